The number of allylic oxidation sites excluding steroid dienone is 1. The Balaban J connectivity index is 1.95. The van der Waals surface area contributed by atoms with E-state index in [1.807, 2.05) is 48.0 Å². The second-order valence-corrected chi connectivity index (χ2v) is 7.40. The number of thiophene rings is 1. The van der Waals surface area contributed by atoms with E-state index in [1.54, 1.807) is 11.3 Å². The summed E-state index contributed by atoms with van der Waals surface area (Å²) in [6.45, 7) is 2.05. The lowest BCUT2D eigenvalue weighted by atomic mass is 10.2. The van der Waals surface area contributed by atoms with E-state index in [4.69, 9.17) is 0 Å². The number of hydrogen-bond acceptors (Lipinski definition) is 4. The standard InChI is InChI=1S/C17H11BrN2S2/c1-11-6-7-21-16(11)8-13(9-19)17-20-15(10-22-17)12-2-4-14(18)5-3-12/h2-8,10H,1H3/b13-8+. The minimum absolute atomic E-state index is 0.610. The van der Waals surface area contributed by atoms with Gasteiger partial charge in [0.15, 0.2) is 0 Å². The third-order valence-corrected chi connectivity index (χ3v) is 5.54. The average Bonchev–Trinajstić information content (AvgIpc) is 3.15. The number of benzene rings is 1. The summed E-state index contributed by atoms with van der Waals surface area (Å²) in [5.74, 6) is 0. The van der Waals surface area contributed by atoms with Crippen molar-refractivity contribution in [3.63, 3.8) is 0 Å². The highest BCUT2D eigenvalue weighted by atomic mass is 79.9. The smallest absolute Gasteiger partial charge is 0.134 e. The minimum atomic E-state index is 0.610. The maximum Gasteiger partial charge on any atom is 0.134 e. The van der Waals surface area contributed by atoms with E-state index in [0.29, 0.717) is 5.57 Å². The summed E-state index contributed by atoms with van der Waals surface area (Å²) < 4.78 is 1.04. The number of halogens is 1. The van der Waals surface area contributed by atoms with Crippen molar-refractivity contribution in [1.82, 2.24) is 4.98 Å². The molecule has 0 atom stereocenters. The van der Waals surface area contributed by atoms with Crippen LogP contribution >= 0.6 is 38.6 Å². The molecule has 0 amide bonds. The van der Waals surface area contributed by atoms with Crippen LogP contribution in [0.5, 0.6) is 0 Å². The normalized spacial score (nSPS) is 11.4. The van der Waals surface area contributed by atoms with Gasteiger partial charge in [-0.2, -0.15) is 5.26 Å². The molecular formula is C17H11BrN2S2. The van der Waals surface area contributed by atoms with Gasteiger partial charge in [-0.05, 0) is 42.1 Å². The fraction of sp³-hybridized carbons (Fsp3) is 0.0588. The lowest BCUT2D eigenvalue weighted by Crippen LogP contribution is -1.82. The van der Waals surface area contributed by atoms with Gasteiger partial charge >= 0.3 is 0 Å². The Hall–Kier alpha value is -1.74. The molecule has 5 heteroatoms. The summed E-state index contributed by atoms with van der Waals surface area (Å²) in [6, 6.07) is 12.3. The van der Waals surface area contributed by atoms with Gasteiger partial charge in [0.05, 0.1) is 11.3 Å². The molecule has 0 saturated heterocycles. The van der Waals surface area contributed by atoms with Gasteiger partial charge in [-0.3, -0.25) is 0 Å². The third kappa shape index (κ3) is 3.20. The van der Waals surface area contributed by atoms with E-state index >= 15 is 0 Å². The fourth-order valence-corrected chi connectivity index (χ4v) is 3.87. The maximum absolute atomic E-state index is 9.43. The summed E-state index contributed by atoms with van der Waals surface area (Å²) in [4.78, 5) is 5.72. The van der Waals surface area contributed by atoms with Gasteiger partial charge in [0.1, 0.15) is 11.1 Å². The fourth-order valence-electron chi connectivity index (χ4n) is 1.96. The first-order valence-corrected chi connectivity index (χ1v) is 9.10. The van der Waals surface area contributed by atoms with Gasteiger partial charge in [-0.25, -0.2) is 4.98 Å². The average molecular weight is 387 g/mol. The Morgan fingerprint density at radius 2 is 2.00 bits per heavy atom. The molecule has 22 heavy (non-hydrogen) atoms. The van der Waals surface area contributed by atoms with Crippen molar-refractivity contribution in [2.75, 3.05) is 0 Å². The van der Waals surface area contributed by atoms with Crippen LogP contribution in [0.4, 0.5) is 0 Å². The Kier molecular flexibility index (Phi) is 4.53. The lowest BCUT2D eigenvalue weighted by Gasteiger charge is -1.97. The molecule has 0 bridgehead atoms. The van der Waals surface area contributed by atoms with Crippen molar-refractivity contribution in [3.05, 3.63) is 61.0 Å². The zero-order valence-electron chi connectivity index (χ0n) is 11.7. The highest BCUT2D eigenvalue weighted by molar-refractivity contribution is 9.10. The van der Waals surface area contributed by atoms with Gasteiger partial charge in [0, 0.05) is 20.3 Å². The van der Waals surface area contributed by atoms with E-state index in [1.165, 1.54) is 16.9 Å². The predicted molar refractivity (Wildman–Crippen MR) is 97.8 cm³/mol. The molecule has 0 aliphatic carbocycles. The molecule has 2 heterocycles. The van der Waals surface area contributed by atoms with Crippen LogP contribution in [0.25, 0.3) is 22.9 Å². The molecule has 0 saturated carbocycles. The van der Waals surface area contributed by atoms with Crippen molar-refractivity contribution in [2.45, 2.75) is 6.92 Å². The highest BCUT2D eigenvalue weighted by Gasteiger charge is 2.10. The van der Waals surface area contributed by atoms with E-state index in [2.05, 4.69) is 33.0 Å². The van der Waals surface area contributed by atoms with Crippen LogP contribution in [0.3, 0.4) is 0 Å². The SMILES string of the molecule is Cc1ccsc1/C=C(\C#N)c1nc(-c2ccc(Br)cc2)cs1. The number of rotatable bonds is 3. The van der Waals surface area contributed by atoms with Crippen LogP contribution in [0, 0.1) is 18.3 Å². The van der Waals surface area contributed by atoms with Gasteiger partial charge in [0.25, 0.3) is 0 Å². The molecule has 0 N–H and O–H groups in total. The molecule has 0 radical (unpaired) electrons. The molecule has 3 rings (SSSR count). The molecule has 0 aliphatic rings. The van der Waals surface area contributed by atoms with Crippen molar-refractivity contribution in [1.29, 1.82) is 5.26 Å². The number of nitrogens with zero attached hydrogens (tertiary/aromatic N) is 2. The zero-order valence-corrected chi connectivity index (χ0v) is 14.9. The van der Waals surface area contributed by atoms with Gasteiger partial charge in [-0.15, -0.1) is 22.7 Å². The zero-order chi connectivity index (χ0) is 15.5. The van der Waals surface area contributed by atoms with Gasteiger partial charge in [-0.1, -0.05) is 28.1 Å². The van der Waals surface area contributed by atoms with Crippen LogP contribution < -0.4 is 0 Å². The molecule has 3 aromatic rings. The Morgan fingerprint density at radius 3 is 2.64 bits per heavy atom. The molecular weight excluding hydrogens is 376 g/mol. The van der Waals surface area contributed by atoms with Crippen LogP contribution in [0.1, 0.15) is 15.4 Å². The van der Waals surface area contributed by atoms with Crippen LogP contribution in [0.15, 0.2) is 45.6 Å². The van der Waals surface area contributed by atoms with Crippen LogP contribution in [0.2, 0.25) is 0 Å². The van der Waals surface area contributed by atoms with Crippen molar-refractivity contribution in [3.8, 4) is 17.3 Å². The number of aromatic nitrogens is 1. The highest BCUT2D eigenvalue weighted by Crippen LogP contribution is 2.29. The minimum Gasteiger partial charge on any atom is -0.235 e. The molecule has 1 aromatic carbocycles. The first-order valence-electron chi connectivity index (χ1n) is 6.55. The Morgan fingerprint density at radius 1 is 1.23 bits per heavy atom. The summed E-state index contributed by atoms with van der Waals surface area (Å²) in [5.41, 5.74) is 3.74. The lowest BCUT2D eigenvalue weighted by molar-refractivity contribution is 1.37. The summed E-state index contributed by atoms with van der Waals surface area (Å²) in [5, 5.41) is 14.2. The first kappa shape index (κ1) is 15.2. The molecule has 0 unspecified atom stereocenters. The van der Waals surface area contributed by atoms with Crippen LogP contribution in [-0.2, 0) is 0 Å². The first-order chi connectivity index (χ1) is 10.7. The van der Waals surface area contributed by atoms with Gasteiger partial charge in [0.2, 0.25) is 0 Å². The van der Waals surface area contributed by atoms with Crippen molar-refractivity contribution < 1.29 is 0 Å². The number of thiazole rings is 1. The van der Waals surface area contributed by atoms with E-state index in [0.717, 1.165) is 25.6 Å². The third-order valence-electron chi connectivity index (χ3n) is 3.17. The second-order valence-electron chi connectivity index (χ2n) is 4.68. The topological polar surface area (TPSA) is 36.7 Å². The Labute approximate surface area is 145 Å². The predicted octanol–water partition coefficient (Wildman–Crippen LogP) is 6.01. The summed E-state index contributed by atoms with van der Waals surface area (Å²) >= 11 is 6.57. The largest absolute Gasteiger partial charge is 0.235 e. The number of nitriles is 1. The van der Waals surface area contributed by atoms with Crippen LogP contribution in [-0.4, -0.2) is 4.98 Å². The monoisotopic (exact) mass is 386 g/mol. The molecule has 0 spiro atoms. The second kappa shape index (κ2) is 6.57. The van der Waals surface area contributed by atoms with Gasteiger partial charge < -0.3 is 0 Å². The maximum atomic E-state index is 9.43. The molecule has 0 aliphatic heterocycles. The summed E-state index contributed by atoms with van der Waals surface area (Å²) in [6.07, 6.45) is 1.92. The quantitative estimate of drug-likeness (QED) is 0.517. The van der Waals surface area contributed by atoms with Crippen molar-refractivity contribution >= 4 is 50.3 Å². The molecule has 2 aromatic heterocycles. The number of aryl methyl sites for hydroxylation is 1. The summed E-state index contributed by atoms with van der Waals surface area (Å²) in [7, 11) is 0. The molecule has 2 nitrogen and oxygen atoms in total. The Bertz CT molecular complexity index is 867. The molecule has 0 fully saturated rings. The van der Waals surface area contributed by atoms with Crippen molar-refractivity contribution in [2.24, 2.45) is 0 Å². The van der Waals surface area contributed by atoms with E-state index in [-0.39, 0.29) is 0 Å². The van der Waals surface area contributed by atoms with E-state index in [9.17, 15) is 5.26 Å². The van der Waals surface area contributed by atoms with E-state index < -0.39 is 0 Å². The number of hydrogen-bond donors (Lipinski definition) is 0. The molecule has 108 valence electrons.